The van der Waals surface area contributed by atoms with E-state index in [2.05, 4.69) is 4.72 Å². The minimum atomic E-state index is -3.75. The molecule has 1 N–H and O–H groups in total. The summed E-state index contributed by atoms with van der Waals surface area (Å²) in [5.41, 5.74) is 0. The molecule has 26 heavy (non-hydrogen) atoms. The molecule has 1 amide bonds. The first-order valence-corrected chi connectivity index (χ1v) is 11.3. The molecule has 2 heterocycles. The Balaban J connectivity index is 1.48. The highest BCUT2D eigenvalue weighted by atomic mass is 35.5. The number of rotatable bonds is 4. The van der Waals surface area contributed by atoms with E-state index in [0.717, 1.165) is 31.2 Å². The molecule has 5 atom stereocenters. The Labute approximate surface area is 160 Å². The van der Waals surface area contributed by atoms with Gasteiger partial charge in [0.1, 0.15) is 0 Å². The van der Waals surface area contributed by atoms with Crippen LogP contribution in [-0.4, -0.2) is 37.9 Å². The van der Waals surface area contributed by atoms with Gasteiger partial charge in [-0.25, -0.2) is 8.42 Å². The Morgan fingerprint density at radius 1 is 1.08 bits per heavy atom. The van der Waals surface area contributed by atoms with E-state index in [0.29, 0.717) is 10.9 Å². The molecule has 2 aliphatic carbocycles. The third kappa shape index (κ3) is 3.51. The maximum atomic E-state index is 13.1. The van der Waals surface area contributed by atoms with Crippen molar-refractivity contribution in [2.24, 2.45) is 17.8 Å². The SMILES string of the molecule is C[C@H](NS(=O)(=O)c1ccc(Cl)cc1)C(=O)N1CC2C[C@@H]3CC1C[C@H](C2)C3. The number of benzene rings is 1. The van der Waals surface area contributed by atoms with Gasteiger partial charge in [-0.05, 0) is 81.0 Å². The average Bonchev–Trinajstić information content (AvgIpc) is 2.77. The van der Waals surface area contributed by atoms with Gasteiger partial charge < -0.3 is 4.90 Å². The molecule has 5 rings (SSSR count). The lowest BCUT2D eigenvalue weighted by molar-refractivity contribution is -0.135. The number of hydrogen-bond donors (Lipinski definition) is 1. The molecule has 2 unspecified atom stereocenters. The summed E-state index contributed by atoms with van der Waals surface area (Å²) < 4.78 is 27.7. The molecule has 4 aliphatic rings. The van der Waals surface area contributed by atoms with Crippen molar-refractivity contribution in [2.75, 3.05) is 6.54 Å². The molecule has 0 spiro atoms. The molecule has 5 nitrogen and oxygen atoms in total. The summed E-state index contributed by atoms with van der Waals surface area (Å²) in [6.45, 7) is 2.43. The summed E-state index contributed by atoms with van der Waals surface area (Å²) in [4.78, 5) is 15.1. The lowest BCUT2D eigenvalue weighted by atomic mass is 9.68. The standard InChI is InChI=1S/C19H25ClN2O3S/c1-12(21-26(24,25)18-4-2-16(20)3-5-18)19(23)22-11-15-7-13-6-14(8-15)10-17(22)9-13/h2-5,12-15,17,21H,6-11H2,1H3/t12-,13-,14+,15?,17?/m0/s1. The first-order chi connectivity index (χ1) is 12.3. The summed E-state index contributed by atoms with van der Waals surface area (Å²) in [5, 5.41) is 0.475. The molecule has 4 fully saturated rings. The average molecular weight is 397 g/mol. The van der Waals surface area contributed by atoms with Crippen LogP contribution in [0.25, 0.3) is 0 Å². The van der Waals surface area contributed by atoms with Crippen LogP contribution in [-0.2, 0) is 14.8 Å². The van der Waals surface area contributed by atoms with Crippen molar-refractivity contribution in [3.63, 3.8) is 0 Å². The molecule has 7 heteroatoms. The monoisotopic (exact) mass is 396 g/mol. The van der Waals surface area contributed by atoms with Crippen LogP contribution in [0.4, 0.5) is 0 Å². The van der Waals surface area contributed by atoms with Crippen LogP contribution in [0.3, 0.4) is 0 Å². The Kier molecular flexibility index (Phi) is 4.78. The molecule has 4 bridgehead atoms. The fourth-order valence-corrected chi connectivity index (χ4v) is 6.59. The molecule has 142 valence electrons. The summed E-state index contributed by atoms with van der Waals surface area (Å²) in [5.74, 6) is 1.98. The van der Waals surface area contributed by atoms with E-state index in [4.69, 9.17) is 11.6 Å². The van der Waals surface area contributed by atoms with Crippen LogP contribution < -0.4 is 4.72 Å². The molecule has 1 aromatic carbocycles. The molecule has 2 saturated carbocycles. The molecule has 0 radical (unpaired) electrons. The topological polar surface area (TPSA) is 66.5 Å². The van der Waals surface area contributed by atoms with Gasteiger partial charge in [-0.3, -0.25) is 4.79 Å². The Hall–Kier alpha value is -1.11. The van der Waals surface area contributed by atoms with Gasteiger partial charge in [-0.2, -0.15) is 4.72 Å². The highest BCUT2D eigenvalue weighted by molar-refractivity contribution is 7.89. The highest BCUT2D eigenvalue weighted by Gasteiger charge is 2.44. The Morgan fingerprint density at radius 3 is 2.27 bits per heavy atom. The van der Waals surface area contributed by atoms with Crippen molar-refractivity contribution in [3.05, 3.63) is 29.3 Å². The Bertz CT molecular complexity index is 782. The molecule has 0 aromatic heterocycles. The van der Waals surface area contributed by atoms with Gasteiger partial charge in [0.2, 0.25) is 15.9 Å². The maximum absolute atomic E-state index is 13.1. The minimum Gasteiger partial charge on any atom is -0.338 e. The third-order valence-corrected chi connectivity index (χ3v) is 8.02. The van der Waals surface area contributed by atoms with Gasteiger partial charge in [0.15, 0.2) is 0 Å². The highest BCUT2D eigenvalue weighted by Crippen LogP contribution is 2.47. The molecular formula is C19H25ClN2O3S. The van der Waals surface area contributed by atoms with Gasteiger partial charge in [0, 0.05) is 17.6 Å². The normalized spacial score (nSPS) is 31.7. The second-order valence-corrected chi connectivity index (χ2v) is 10.4. The predicted octanol–water partition coefficient (Wildman–Crippen LogP) is 3.04. The van der Waals surface area contributed by atoms with Crippen molar-refractivity contribution in [3.8, 4) is 0 Å². The summed E-state index contributed by atoms with van der Waals surface area (Å²) in [7, 11) is -3.75. The van der Waals surface area contributed by atoms with Crippen LogP contribution >= 0.6 is 11.6 Å². The molecule has 2 aliphatic heterocycles. The lowest BCUT2D eigenvalue weighted by Gasteiger charge is -2.39. The van der Waals surface area contributed by atoms with E-state index in [1.165, 1.54) is 43.5 Å². The fraction of sp³-hybridized carbons (Fsp3) is 0.632. The number of carbonyl (C=O) groups is 1. The first kappa shape index (κ1) is 18.3. The Morgan fingerprint density at radius 2 is 1.65 bits per heavy atom. The van der Waals surface area contributed by atoms with E-state index in [1.807, 2.05) is 4.90 Å². The number of fused-ring (bicyclic) bond motifs is 1. The quantitative estimate of drug-likeness (QED) is 0.850. The largest absolute Gasteiger partial charge is 0.338 e. The van der Waals surface area contributed by atoms with Crippen LogP contribution in [0.5, 0.6) is 0 Å². The van der Waals surface area contributed by atoms with Crippen molar-refractivity contribution in [1.82, 2.24) is 9.62 Å². The first-order valence-electron chi connectivity index (χ1n) is 9.40. The van der Waals surface area contributed by atoms with Crippen LogP contribution in [0.15, 0.2) is 29.2 Å². The van der Waals surface area contributed by atoms with Crippen molar-refractivity contribution in [2.45, 2.75) is 56.0 Å². The summed E-state index contributed by atoms with van der Waals surface area (Å²) >= 11 is 5.83. The number of carbonyl (C=O) groups excluding carboxylic acids is 1. The number of sulfonamides is 1. The number of nitrogens with zero attached hydrogens (tertiary/aromatic N) is 1. The van der Waals surface area contributed by atoms with Crippen LogP contribution in [0.1, 0.15) is 39.0 Å². The van der Waals surface area contributed by atoms with Crippen molar-refractivity contribution >= 4 is 27.5 Å². The molecular weight excluding hydrogens is 372 g/mol. The van der Waals surface area contributed by atoms with E-state index < -0.39 is 16.1 Å². The van der Waals surface area contributed by atoms with Crippen molar-refractivity contribution < 1.29 is 13.2 Å². The number of hydrogen-bond acceptors (Lipinski definition) is 3. The van der Waals surface area contributed by atoms with E-state index in [9.17, 15) is 13.2 Å². The minimum absolute atomic E-state index is 0.0965. The van der Waals surface area contributed by atoms with Gasteiger partial charge in [0.25, 0.3) is 0 Å². The summed E-state index contributed by atoms with van der Waals surface area (Å²) in [6, 6.07) is 5.48. The second kappa shape index (κ2) is 6.80. The number of halogens is 1. The smallest absolute Gasteiger partial charge is 0.241 e. The second-order valence-electron chi connectivity index (χ2n) is 8.22. The van der Waals surface area contributed by atoms with Crippen LogP contribution in [0.2, 0.25) is 5.02 Å². The van der Waals surface area contributed by atoms with Gasteiger partial charge in [0.05, 0.1) is 10.9 Å². The molecule has 2 saturated heterocycles. The lowest BCUT2D eigenvalue weighted by Crippen LogP contribution is -2.51. The van der Waals surface area contributed by atoms with E-state index >= 15 is 0 Å². The van der Waals surface area contributed by atoms with E-state index in [1.54, 1.807) is 6.92 Å². The van der Waals surface area contributed by atoms with Crippen molar-refractivity contribution in [1.29, 1.82) is 0 Å². The van der Waals surface area contributed by atoms with Gasteiger partial charge in [-0.1, -0.05) is 11.6 Å². The van der Waals surface area contributed by atoms with Crippen LogP contribution in [0, 0.1) is 17.8 Å². The van der Waals surface area contributed by atoms with Gasteiger partial charge in [-0.15, -0.1) is 0 Å². The fourth-order valence-electron chi connectivity index (χ4n) is 5.27. The number of nitrogens with one attached hydrogen (secondary N) is 1. The zero-order valence-electron chi connectivity index (χ0n) is 14.9. The predicted molar refractivity (Wildman–Crippen MR) is 100 cm³/mol. The third-order valence-electron chi connectivity index (χ3n) is 6.22. The zero-order chi connectivity index (χ0) is 18.5. The molecule has 1 aromatic rings. The zero-order valence-corrected chi connectivity index (χ0v) is 16.5. The summed E-state index contributed by atoms with van der Waals surface area (Å²) in [6.07, 6.45) is 5.92. The van der Waals surface area contributed by atoms with Gasteiger partial charge >= 0.3 is 0 Å². The maximum Gasteiger partial charge on any atom is 0.241 e. The van der Waals surface area contributed by atoms with E-state index in [-0.39, 0.29) is 16.8 Å². The number of amides is 1.